The van der Waals surface area contributed by atoms with Gasteiger partial charge in [0.2, 0.25) is 0 Å². The lowest BCUT2D eigenvalue weighted by Crippen LogP contribution is -2.06. The molecule has 1 aromatic carbocycles. The molecule has 0 radical (unpaired) electrons. The molecule has 1 aromatic heterocycles. The number of halogens is 2. The highest BCUT2D eigenvalue weighted by Crippen LogP contribution is 2.20. The number of carbonyl (C=O) groups excluding carboxylic acids is 1. The maximum Gasteiger partial charge on any atom is 0.170 e. The highest BCUT2D eigenvalue weighted by molar-refractivity contribution is 6.30. The first-order valence-electron chi connectivity index (χ1n) is 5.66. The van der Waals surface area contributed by atoms with E-state index in [4.69, 9.17) is 16.0 Å². The van der Waals surface area contributed by atoms with Crippen molar-refractivity contribution in [1.29, 1.82) is 0 Å². The van der Waals surface area contributed by atoms with Crippen LogP contribution in [0.3, 0.4) is 0 Å². The largest absolute Gasteiger partial charge is 0.469 e. The molecule has 0 spiro atoms. The Morgan fingerprint density at radius 1 is 1.39 bits per heavy atom. The Morgan fingerprint density at radius 2 is 2.17 bits per heavy atom. The Morgan fingerprint density at radius 3 is 2.89 bits per heavy atom. The molecule has 0 aliphatic rings. The van der Waals surface area contributed by atoms with Gasteiger partial charge in [0.25, 0.3) is 0 Å². The number of ketones is 1. The van der Waals surface area contributed by atoms with Crippen molar-refractivity contribution in [3.63, 3.8) is 0 Å². The van der Waals surface area contributed by atoms with Gasteiger partial charge in [0.05, 0.1) is 16.8 Å². The third-order valence-corrected chi connectivity index (χ3v) is 3.04. The molecule has 94 valence electrons. The molecular weight excluding hydrogens is 255 g/mol. The summed E-state index contributed by atoms with van der Waals surface area (Å²) in [4.78, 5) is 12.0. The van der Waals surface area contributed by atoms with Crippen molar-refractivity contribution in [3.05, 3.63) is 58.3 Å². The normalized spacial score (nSPS) is 10.6. The van der Waals surface area contributed by atoms with E-state index in [-0.39, 0.29) is 17.2 Å². The van der Waals surface area contributed by atoms with Gasteiger partial charge in [-0.2, -0.15) is 0 Å². The van der Waals surface area contributed by atoms with Gasteiger partial charge in [-0.15, -0.1) is 0 Å². The summed E-state index contributed by atoms with van der Waals surface area (Å²) in [5.74, 6) is -0.0711. The standard InChI is InChI=1S/C14H12ClFO2/c1-2-13-10(6-7-18-13)12(17)8-9-4-3-5-11(15)14(9)16/h3-7H,2,8H2,1H3. The van der Waals surface area contributed by atoms with Gasteiger partial charge in [-0.05, 0) is 17.7 Å². The van der Waals surface area contributed by atoms with Crippen molar-refractivity contribution in [2.45, 2.75) is 19.8 Å². The van der Waals surface area contributed by atoms with Gasteiger partial charge < -0.3 is 4.42 Å². The molecule has 0 N–H and O–H groups in total. The minimum absolute atomic E-state index is 0.0150. The predicted molar refractivity (Wildman–Crippen MR) is 67.5 cm³/mol. The summed E-state index contributed by atoms with van der Waals surface area (Å²) in [5.41, 5.74) is 0.813. The third-order valence-electron chi connectivity index (χ3n) is 2.75. The van der Waals surface area contributed by atoms with Crippen molar-refractivity contribution in [1.82, 2.24) is 0 Å². The summed E-state index contributed by atoms with van der Waals surface area (Å²) in [6.45, 7) is 1.90. The number of hydrogen-bond donors (Lipinski definition) is 0. The molecule has 0 bridgehead atoms. The highest BCUT2D eigenvalue weighted by atomic mass is 35.5. The zero-order chi connectivity index (χ0) is 13.1. The second-order valence-electron chi connectivity index (χ2n) is 3.92. The monoisotopic (exact) mass is 266 g/mol. The Labute approximate surface area is 109 Å². The van der Waals surface area contributed by atoms with Crippen LogP contribution in [0.15, 0.2) is 34.9 Å². The van der Waals surface area contributed by atoms with E-state index >= 15 is 0 Å². The van der Waals surface area contributed by atoms with Gasteiger partial charge in [0, 0.05) is 12.8 Å². The molecule has 0 fully saturated rings. The first-order valence-corrected chi connectivity index (χ1v) is 6.03. The first kappa shape index (κ1) is 12.8. The van der Waals surface area contributed by atoms with Gasteiger partial charge >= 0.3 is 0 Å². The molecule has 0 saturated heterocycles. The average Bonchev–Trinajstić information content (AvgIpc) is 2.83. The van der Waals surface area contributed by atoms with E-state index in [2.05, 4.69) is 0 Å². The highest BCUT2D eigenvalue weighted by Gasteiger charge is 2.16. The maximum absolute atomic E-state index is 13.7. The average molecular weight is 267 g/mol. The van der Waals surface area contributed by atoms with Crippen LogP contribution in [0.25, 0.3) is 0 Å². The van der Waals surface area contributed by atoms with Gasteiger partial charge in [-0.3, -0.25) is 4.79 Å². The van der Waals surface area contributed by atoms with Crippen molar-refractivity contribution in [2.75, 3.05) is 0 Å². The lowest BCUT2D eigenvalue weighted by molar-refractivity contribution is 0.0990. The molecule has 1 heterocycles. The maximum atomic E-state index is 13.7. The van der Waals surface area contributed by atoms with Crippen molar-refractivity contribution < 1.29 is 13.6 Å². The molecule has 0 atom stereocenters. The second kappa shape index (κ2) is 5.36. The molecular formula is C14H12ClFO2. The van der Waals surface area contributed by atoms with E-state index in [0.29, 0.717) is 23.3 Å². The van der Waals surface area contributed by atoms with E-state index < -0.39 is 5.82 Å². The number of rotatable bonds is 4. The van der Waals surface area contributed by atoms with Crippen LogP contribution in [0.4, 0.5) is 4.39 Å². The molecule has 0 aliphatic carbocycles. The van der Waals surface area contributed by atoms with E-state index in [9.17, 15) is 9.18 Å². The number of hydrogen-bond acceptors (Lipinski definition) is 2. The zero-order valence-corrected chi connectivity index (χ0v) is 10.6. The Balaban J connectivity index is 2.24. The summed E-state index contributed by atoms with van der Waals surface area (Å²) in [6, 6.07) is 6.26. The SMILES string of the molecule is CCc1occc1C(=O)Cc1cccc(Cl)c1F. The van der Waals surface area contributed by atoms with Crippen LogP contribution in [0, 0.1) is 5.82 Å². The van der Waals surface area contributed by atoms with Gasteiger partial charge in [-0.25, -0.2) is 4.39 Å². The molecule has 0 saturated carbocycles. The molecule has 4 heteroatoms. The number of aryl methyl sites for hydroxylation is 1. The predicted octanol–water partition coefficient (Wildman–Crippen LogP) is 4.06. The Hall–Kier alpha value is -1.61. The number of furan rings is 1. The molecule has 2 rings (SSSR count). The first-order chi connectivity index (χ1) is 8.63. The fraction of sp³-hybridized carbons (Fsp3) is 0.214. The van der Waals surface area contributed by atoms with Crippen LogP contribution in [-0.4, -0.2) is 5.78 Å². The fourth-order valence-corrected chi connectivity index (χ4v) is 2.01. The molecule has 0 unspecified atom stereocenters. The summed E-state index contributed by atoms with van der Waals surface area (Å²) in [7, 11) is 0. The van der Waals surface area contributed by atoms with E-state index in [0.717, 1.165) is 0 Å². The Kier molecular flexibility index (Phi) is 3.82. The lowest BCUT2D eigenvalue weighted by Gasteiger charge is -2.04. The van der Waals surface area contributed by atoms with Crippen LogP contribution in [0.1, 0.15) is 28.6 Å². The molecule has 0 amide bonds. The van der Waals surface area contributed by atoms with E-state index in [1.54, 1.807) is 18.2 Å². The minimum Gasteiger partial charge on any atom is -0.469 e. The number of benzene rings is 1. The summed E-state index contributed by atoms with van der Waals surface area (Å²) >= 11 is 5.68. The zero-order valence-electron chi connectivity index (χ0n) is 9.87. The lowest BCUT2D eigenvalue weighted by atomic mass is 10.0. The number of Topliss-reactive ketones (excluding diaryl/α,β-unsaturated/α-hetero) is 1. The summed E-state index contributed by atoms with van der Waals surface area (Å²) in [6.07, 6.45) is 2.09. The van der Waals surface area contributed by atoms with Crippen LogP contribution >= 0.6 is 11.6 Å². The van der Waals surface area contributed by atoms with E-state index in [1.807, 2.05) is 6.92 Å². The van der Waals surface area contributed by atoms with Crippen molar-refractivity contribution in [2.24, 2.45) is 0 Å². The minimum atomic E-state index is -0.533. The van der Waals surface area contributed by atoms with Crippen molar-refractivity contribution >= 4 is 17.4 Å². The van der Waals surface area contributed by atoms with Crippen LogP contribution < -0.4 is 0 Å². The molecule has 2 aromatic rings. The summed E-state index contributed by atoms with van der Waals surface area (Å²) in [5, 5.41) is 0.0307. The quantitative estimate of drug-likeness (QED) is 0.781. The smallest absolute Gasteiger partial charge is 0.170 e. The van der Waals surface area contributed by atoms with E-state index in [1.165, 1.54) is 12.3 Å². The van der Waals surface area contributed by atoms with Gasteiger partial charge in [0.15, 0.2) is 5.78 Å². The topological polar surface area (TPSA) is 30.2 Å². The van der Waals surface area contributed by atoms with Crippen LogP contribution in [-0.2, 0) is 12.8 Å². The summed E-state index contributed by atoms with van der Waals surface area (Å²) < 4.78 is 18.9. The second-order valence-corrected chi connectivity index (χ2v) is 4.33. The Bertz CT molecular complexity index is 575. The fourth-order valence-electron chi connectivity index (χ4n) is 1.82. The number of carbonyl (C=O) groups is 1. The van der Waals surface area contributed by atoms with Crippen molar-refractivity contribution in [3.8, 4) is 0 Å². The molecule has 18 heavy (non-hydrogen) atoms. The molecule has 2 nitrogen and oxygen atoms in total. The van der Waals surface area contributed by atoms with Crippen LogP contribution in [0.5, 0.6) is 0 Å². The van der Waals surface area contributed by atoms with Gasteiger partial charge in [0.1, 0.15) is 11.6 Å². The molecule has 0 aliphatic heterocycles. The third kappa shape index (κ3) is 2.46. The van der Waals surface area contributed by atoms with Gasteiger partial charge in [-0.1, -0.05) is 30.7 Å². The van der Waals surface area contributed by atoms with Crippen LogP contribution in [0.2, 0.25) is 5.02 Å².